The number of carbonyl (C=O) groups excluding carboxylic acids is 3. The van der Waals surface area contributed by atoms with Gasteiger partial charge in [-0.3, -0.25) is 19.8 Å². The molecule has 1 fully saturated rings. The van der Waals surface area contributed by atoms with Gasteiger partial charge in [0, 0.05) is 44.2 Å². The van der Waals surface area contributed by atoms with Crippen LogP contribution in [0.3, 0.4) is 0 Å². The van der Waals surface area contributed by atoms with Crippen molar-refractivity contribution in [2.24, 2.45) is 0 Å². The standard InChI is InChI=1S/C29H28F4N6O6/c1-16(40)26(34)18-13-17(44-15-23-35-10-4-11-36-23)7-8-19(18)37-14-24(41)39-12-9-22(43-2)27(39)28(42)38-20-5-3-6-21(25(20)30)45-29(31,32)33/h3-8,10-11,13,22,27,34,37H,9,12,14-15H2,1-2H3,(H,38,42)/t22?,27-/m0/s1. The number of halogens is 4. The topological polar surface area (TPSA) is 156 Å². The van der Waals surface area contributed by atoms with Gasteiger partial charge in [0.25, 0.3) is 0 Å². The van der Waals surface area contributed by atoms with E-state index >= 15 is 0 Å². The number of carbonyl (C=O) groups is 3. The van der Waals surface area contributed by atoms with Crippen LogP contribution in [0.2, 0.25) is 0 Å². The summed E-state index contributed by atoms with van der Waals surface area (Å²) in [5, 5.41) is 13.4. The minimum atomic E-state index is -5.15. The first-order valence-electron chi connectivity index (χ1n) is 13.4. The molecular weight excluding hydrogens is 604 g/mol. The average Bonchev–Trinajstić information content (AvgIpc) is 3.45. The highest BCUT2D eigenvalue weighted by Crippen LogP contribution is 2.31. The molecule has 45 heavy (non-hydrogen) atoms. The van der Waals surface area contributed by atoms with Gasteiger partial charge < -0.3 is 29.7 Å². The van der Waals surface area contributed by atoms with Crippen molar-refractivity contribution in [1.82, 2.24) is 14.9 Å². The maximum Gasteiger partial charge on any atom is 0.573 e. The van der Waals surface area contributed by atoms with E-state index in [4.69, 9.17) is 14.9 Å². The maximum absolute atomic E-state index is 14.7. The zero-order valence-electron chi connectivity index (χ0n) is 24.0. The molecule has 0 saturated carbocycles. The summed E-state index contributed by atoms with van der Waals surface area (Å²) >= 11 is 0. The van der Waals surface area contributed by atoms with E-state index in [1.807, 2.05) is 0 Å². The van der Waals surface area contributed by atoms with Gasteiger partial charge in [0.15, 0.2) is 23.2 Å². The molecule has 12 nitrogen and oxygen atoms in total. The predicted molar refractivity (Wildman–Crippen MR) is 151 cm³/mol. The Morgan fingerprint density at radius 2 is 1.82 bits per heavy atom. The number of benzene rings is 2. The summed E-state index contributed by atoms with van der Waals surface area (Å²) in [7, 11) is 1.32. The molecule has 16 heteroatoms. The van der Waals surface area contributed by atoms with Crippen molar-refractivity contribution in [1.29, 1.82) is 5.41 Å². The van der Waals surface area contributed by atoms with Crippen LogP contribution in [0.15, 0.2) is 54.9 Å². The molecule has 1 unspecified atom stereocenters. The van der Waals surface area contributed by atoms with E-state index in [1.165, 1.54) is 31.1 Å². The van der Waals surface area contributed by atoms with Gasteiger partial charge in [-0.1, -0.05) is 6.07 Å². The van der Waals surface area contributed by atoms with Crippen molar-refractivity contribution in [3.8, 4) is 11.5 Å². The van der Waals surface area contributed by atoms with E-state index in [0.29, 0.717) is 11.6 Å². The molecular formula is C29H28F4N6O6. The first-order valence-corrected chi connectivity index (χ1v) is 13.4. The molecule has 238 valence electrons. The molecule has 3 N–H and O–H groups in total. The first-order chi connectivity index (χ1) is 21.4. The zero-order valence-corrected chi connectivity index (χ0v) is 24.0. The van der Waals surface area contributed by atoms with E-state index in [2.05, 4.69) is 25.3 Å². The van der Waals surface area contributed by atoms with Gasteiger partial charge in [-0.2, -0.15) is 0 Å². The minimum absolute atomic E-state index is 0.0293. The number of likely N-dealkylation sites (tertiary alicyclic amines) is 1. The number of Topliss-reactive ketones (excluding diaryl/α,β-unsaturated/α-hetero) is 1. The number of ether oxygens (including phenoxy) is 3. The molecule has 2 aromatic carbocycles. The molecule has 2 amide bonds. The highest BCUT2D eigenvalue weighted by Gasteiger charge is 2.42. The van der Waals surface area contributed by atoms with Gasteiger partial charge in [-0.05, 0) is 42.8 Å². The van der Waals surface area contributed by atoms with Gasteiger partial charge in [-0.25, -0.2) is 14.4 Å². The average molecular weight is 633 g/mol. The van der Waals surface area contributed by atoms with Crippen LogP contribution >= 0.6 is 0 Å². The fraction of sp³-hybridized carbons (Fsp3) is 0.310. The van der Waals surface area contributed by atoms with Crippen LogP contribution in [0.25, 0.3) is 0 Å². The van der Waals surface area contributed by atoms with E-state index in [9.17, 15) is 31.9 Å². The number of methoxy groups -OCH3 is 1. The largest absolute Gasteiger partial charge is 0.573 e. The van der Waals surface area contributed by atoms with Crippen LogP contribution in [-0.2, 0) is 25.7 Å². The molecule has 2 atom stereocenters. The lowest BCUT2D eigenvalue weighted by molar-refractivity contribution is -0.275. The lowest BCUT2D eigenvalue weighted by atomic mass is 10.0. The van der Waals surface area contributed by atoms with Crippen LogP contribution in [0.1, 0.15) is 24.7 Å². The SMILES string of the molecule is COC1CCN(C(=O)CNc2ccc(OCc3ncccn3)cc2C(=N)C(C)=O)[C@@H]1C(=O)Nc1cccc(OC(F)(F)F)c1F. The molecule has 1 aliphatic heterocycles. The fourth-order valence-corrected chi connectivity index (χ4v) is 4.61. The highest BCUT2D eigenvalue weighted by atomic mass is 19.4. The van der Waals surface area contributed by atoms with Gasteiger partial charge in [0.2, 0.25) is 11.8 Å². The number of amides is 2. The van der Waals surface area contributed by atoms with Crippen LogP contribution in [0.5, 0.6) is 11.5 Å². The summed E-state index contributed by atoms with van der Waals surface area (Å²) in [5.41, 5.74) is -0.506. The molecule has 2 heterocycles. The lowest BCUT2D eigenvalue weighted by Crippen LogP contribution is -2.49. The Kier molecular flexibility index (Phi) is 10.3. The molecule has 1 aliphatic rings. The molecule has 4 rings (SSSR count). The fourth-order valence-electron chi connectivity index (χ4n) is 4.61. The normalized spacial score (nSPS) is 16.2. The number of nitrogens with one attached hydrogen (secondary N) is 3. The van der Waals surface area contributed by atoms with Gasteiger partial charge in [0.05, 0.1) is 18.3 Å². The zero-order chi connectivity index (χ0) is 32.7. The van der Waals surface area contributed by atoms with Crippen molar-refractivity contribution in [3.63, 3.8) is 0 Å². The number of hydrogen-bond acceptors (Lipinski definition) is 10. The Morgan fingerprint density at radius 1 is 1.09 bits per heavy atom. The van der Waals surface area contributed by atoms with Crippen LogP contribution in [-0.4, -0.2) is 76.9 Å². The Balaban J connectivity index is 1.48. The quantitative estimate of drug-likeness (QED) is 0.200. The van der Waals surface area contributed by atoms with Crippen molar-refractivity contribution >= 4 is 34.7 Å². The van der Waals surface area contributed by atoms with E-state index in [-0.39, 0.29) is 43.1 Å². The highest BCUT2D eigenvalue weighted by molar-refractivity contribution is 6.45. The van der Waals surface area contributed by atoms with Gasteiger partial charge in [0.1, 0.15) is 24.1 Å². The van der Waals surface area contributed by atoms with E-state index in [0.717, 1.165) is 18.2 Å². The van der Waals surface area contributed by atoms with Crippen LogP contribution in [0.4, 0.5) is 28.9 Å². The molecule has 1 aromatic heterocycles. The van der Waals surface area contributed by atoms with Crippen LogP contribution < -0.4 is 20.1 Å². The summed E-state index contributed by atoms with van der Waals surface area (Å²) in [6, 6.07) is 7.81. The summed E-state index contributed by atoms with van der Waals surface area (Å²) in [4.78, 5) is 47.9. The Labute approximate surface area is 254 Å². The Hall–Kier alpha value is -5.12. The predicted octanol–water partition coefficient (Wildman–Crippen LogP) is 3.72. The smallest absolute Gasteiger partial charge is 0.486 e. The summed E-state index contributed by atoms with van der Waals surface area (Å²) in [6.07, 6.45) is -2.59. The Morgan fingerprint density at radius 3 is 2.49 bits per heavy atom. The number of ketones is 1. The number of hydrogen-bond donors (Lipinski definition) is 3. The number of nitrogens with zero attached hydrogens (tertiary/aromatic N) is 3. The van der Waals surface area contributed by atoms with E-state index < -0.39 is 53.4 Å². The molecule has 0 aliphatic carbocycles. The molecule has 3 aromatic rings. The third-order valence-corrected chi connectivity index (χ3v) is 6.71. The second kappa shape index (κ2) is 14.1. The van der Waals surface area contributed by atoms with Crippen LogP contribution in [0, 0.1) is 11.2 Å². The second-order valence-corrected chi connectivity index (χ2v) is 9.70. The second-order valence-electron chi connectivity index (χ2n) is 9.70. The number of anilines is 2. The lowest BCUT2D eigenvalue weighted by Gasteiger charge is -2.27. The number of aromatic nitrogens is 2. The maximum atomic E-state index is 14.7. The van der Waals surface area contributed by atoms with E-state index in [1.54, 1.807) is 24.5 Å². The van der Waals surface area contributed by atoms with Gasteiger partial charge >= 0.3 is 6.36 Å². The molecule has 0 bridgehead atoms. The van der Waals surface area contributed by atoms with Crippen molar-refractivity contribution in [3.05, 3.63) is 72.1 Å². The number of alkyl halides is 3. The molecule has 0 radical (unpaired) electrons. The van der Waals surface area contributed by atoms with Crippen molar-refractivity contribution in [2.75, 3.05) is 30.8 Å². The number of rotatable bonds is 12. The summed E-state index contributed by atoms with van der Waals surface area (Å²) in [5.74, 6) is -3.86. The Bertz CT molecular complexity index is 1570. The third kappa shape index (κ3) is 8.29. The van der Waals surface area contributed by atoms with Crippen molar-refractivity contribution < 1.29 is 46.2 Å². The molecule has 1 saturated heterocycles. The van der Waals surface area contributed by atoms with Gasteiger partial charge in [-0.15, -0.1) is 13.2 Å². The molecule has 0 spiro atoms. The minimum Gasteiger partial charge on any atom is -0.486 e. The first kappa shape index (κ1) is 32.8. The third-order valence-electron chi connectivity index (χ3n) is 6.71. The monoisotopic (exact) mass is 632 g/mol. The summed E-state index contributed by atoms with van der Waals surface area (Å²) in [6.45, 7) is 0.956. The summed E-state index contributed by atoms with van der Waals surface area (Å²) < 4.78 is 67.3. The van der Waals surface area contributed by atoms with Crippen molar-refractivity contribution in [2.45, 2.75) is 38.5 Å².